The van der Waals surface area contributed by atoms with E-state index < -0.39 is 0 Å². The topological polar surface area (TPSA) is 79.4 Å². The molecule has 2 N–H and O–H groups in total. The molecule has 26 heavy (non-hydrogen) atoms. The largest absolute Gasteiger partial charge is 0.379 e. The minimum Gasteiger partial charge on any atom is -0.379 e. The van der Waals surface area contributed by atoms with Gasteiger partial charge in [-0.3, -0.25) is 9.69 Å². The second-order valence-electron chi connectivity index (χ2n) is 5.80. The van der Waals surface area contributed by atoms with Crippen LogP contribution >= 0.6 is 23.2 Å². The number of carbonyl (C=O) groups is 1. The van der Waals surface area contributed by atoms with Crippen LogP contribution in [0.25, 0.3) is 0 Å². The van der Waals surface area contributed by atoms with Crippen LogP contribution < -0.4 is 10.6 Å². The van der Waals surface area contributed by atoms with Gasteiger partial charge < -0.3 is 15.4 Å². The van der Waals surface area contributed by atoms with Gasteiger partial charge in [-0.2, -0.15) is 0 Å². The average Bonchev–Trinajstić information content (AvgIpc) is 2.62. The molecule has 0 bridgehead atoms. The van der Waals surface area contributed by atoms with Crippen LogP contribution in [0.5, 0.6) is 0 Å². The molecule has 1 aromatic heterocycles. The maximum Gasteiger partial charge on any atom is 0.276 e. The van der Waals surface area contributed by atoms with Crippen molar-refractivity contribution in [2.24, 2.45) is 0 Å². The molecule has 0 aliphatic carbocycles. The SMILES string of the molecule is O=C(Nc1cc(Cl)cc(Cl)c1)c1ccc(NCCN2CCOCC2)nn1. The van der Waals surface area contributed by atoms with Crippen LogP contribution in [0.15, 0.2) is 30.3 Å². The number of halogens is 2. The van der Waals surface area contributed by atoms with E-state index in [4.69, 9.17) is 27.9 Å². The van der Waals surface area contributed by atoms with Gasteiger partial charge in [0, 0.05) is 41.9 Å². The number of anilines is 2. The lowest BCUT2D eigenvalue weighted by Gasteiger charge is -2.26. The molecule has 1 amide bonds. The van der Waals surface area contributed by atoms with E-state index in [9.17, 15) is 4.79 Å². The molecule has 9 heteroatoms. The Hall–Kier alpha value is -1.93. The molecule has 1 aliphatic heterocycles. The fourth-order valence-electron chi connectivity index (χ4n) is 2.54. The number of hydrogen-bond acceptors (Lipinski definition) is 6. The van der Waals surface area contributed by atoms with E-state index >= 15 is 0 Å². The van der Waals surface area contributed by atoms with Gasteiger partial charge in [0.15, 0.2) is 5.69 Å². The highest BCUT2D eigenvalue weighted by atomic mass is 35.5. The molecule has 0 radical (unpaired) electrons. The van der Waals surface area contributed by atoms with Crippen molar-refractivity contribution < 1.29 is 9.53 Å². The summed E-state index contributed by atoms with van der Waals surface area (Å²) in [4.78, 5) is 14.6. The molecule has 0 spiro atoms. The molecule has 138 valence electrons. The molecule has 0 saturated carbocycles. The minimum atomic E-state index is -0.379. The summed E-state index contributed by atoms with van der Waals surface area (Å²) in [6.07, 6.45) is 0. The number of nitrogens with one attached hydrogen (secondary N) is 2. The predicted octanol–water partition coefficient (Wildman–Crippen LogP) is 2.78. The zero-order chi connectivity index (χ0) is 18.4. The normalized spacial score (nSPS) is 14.8. The number of hydrogen-bond donors (Lipinski definition) is 2. The highest BCUT2D eigenvalue weighted by molar-refractivity contribution is 6.35. The molecule has 1 aromatic carbocycles. The number of amides is 1. The van der Waals surface area contributed by atoms with Gasteiger partial charge in [0.1, 0.15) is 5.82 Å². The fraction of sp³-hybridized carbons (Fsp3) is 0.353. The standard InChI is InChI=1S/C17H19Cl2N5O2/c18-12-9-13(19)11-14(10-12)21-17(25)15-1-2-16(23-22-15)20-3-4-24-5-7-26-8-6-24/h1-2,9-11H,3-8H2,(H,20,23)(H,21,25). The van der Waals surface area contributed by atoms with E-state index in [1.54, 1.807) is 30.3 Å². The third-order valence-electron chi connectivity index (χ3n) is 3.86. The fourth-order valence-corrected chi connectivity index (χ4v) is 3.06. The number of nitrogens with zero attached hydrogens (tertiary/aromatic N) is 3. The lowest BCUT2D eigenvalue weighted by atomic mass is 10.3. The lowest BCUT2D eigenvalue weighted by molar-refractivity contribution is 0.0398. The summed E-state index contributed by atoms with van der Waals surface area (Å²) in [6.45, 7) is 5.10. The molecule has 2 heterocycles. The van der Waals surface area contributed by atoms with Crippen LogP contribution in [0, 0.1) is 0 Å². The Morgan fingerprint density at radius 3 is 2.50 bits per heavy atom. The Morgan fingerprint density at radius 2 is 1.85 bits per heavy atom. The van der Waals surface area contributed by atoms with Gasteiger partial charge in [-0.05, 0) is 30.3 Å². The van der Waals surface area contributed by atoms with Crippen LogP contribution in [-0.4, -0.2) is 60.4 Å². The van der Waals surface area contributed by atoms with Gasteiger partial charge >= 0.3 is 0 Å². The van der Waals surface area contributed by atoms with Crippen molar-refractivity contribution in [3.63, 3.8) is 0 Å². The number of ether oxygens (including phenoxy) is 1. The maximum absolute atomic E-state index is 12.2. The zero-order valence-corrected chi connectivity index (χ0v) is 15.6. The first-order valence-corrected chi connectivity index (χ1v) is 9.01. The van der Waals surface area contributed by atoms with Crippen molar-refractivity contribution in [3.8, 4) is 0 Å². The Labute approximate surface area is 161 Å². The third kappa shape index (κ3) is 5.54. The molecule has 2 aromatic rings. The molecular weight excluding hydrogens is 377 g/mol. The number of carbonyl (C=O) groups excluding carboxylic acids is 1. The van der Waals surface area contributed by atoms with Crippen molar-refractivity contribution in [3.05, 3.63) is 46.1 Å². The quantitative estimate of drug-likeness (QED) is 0.782. The molecule has 0 unspecified atom stereocenters. The van der Waals surface area contributed by atoms with Gasteiger partial charge in [-0.25, -0.2) is 0 Å². The summed E-state index contributed by atoms with van der Waals surface area (Å²) in [6, 6.07) is 8.16. The van der Waals surface area contributed by atoms with Crippen molar-refractivity contribution >= 4 is 40.6 Å². The van der Waals surface area contributed by atoms with Gasteiger partial charge in [-0.15, -0.1) is 10.2 Å². The highest BCUT2D eigenvalue weighted by Crippen LogP contribution is 2.22. The smallest absolute Gasteiger partial charge is 0.276 e. The molecule has 1 aliphatic rings. The minimum absolute atomic E-state index is 0.208. The average molecular weight is 396 g/mol. The summed E-state index contributed by atoms with van der Waals surface area (Å²) in [7, 11) is 0. The molecule has 1 saturated heterocycles. The van der Waals surface area contributed by atoms with Crippen LogP contribution in [0.3, 0.4) is 0 Å². The molecular formula is C17H19Cl2N5O2. The van der Waals surface area contributed by atoms with Gasteiger partial charge in [0.25, 0.3) is 5.91 Å². The predicted molar refractivity (Wildman–Crippen MR) is 102 cm³/mol. The zero-order valence-electron chi connectivity index (χ0n) is 14.0. The van der Waals surface area contributed by atoms with Crippen LogP contribution in [0.1, 0.15) is 10.5 Å². The lowest BCUT2D eigenvalue weighted by Crippen LogP contribution is -2.39. The Balaban J connectivity index is 1.50. The van der Waals surface area contributed by atoms with Gasteiger partial charge in [-0.1, -0.05) is 23.2 Å². The van der Waals surface area contributed by atoms with Crippen molar-refractivity contribution in [2.75, 3.05) is 50.0 Å². The summed E-state index contributed by atoms with van der Waals surface area (Å²) >= 11 is 11.8. The molecule has 0 atom stereocenters. The summed E-state index contributed by atoms with van der Waals surface area (Å²) in [5.41, 5.74) is 0.710. The van der Waals surface area contributed by atoms with Crippen LogP contribution in [0.2, 0.25) is 10.0 Å². The van der Waals surface area contributed by atoms with Crippen molar-refractivity contribution in [1.82, 2.24) is 15.1 Å². The van der Waals surface area contributed by atoms with Crippen LogP contribution in [-0.2, 0) is 4.74 Å². The van der Waals surface area contributed by atoms with E-state index in [2.05, 4.69) is 25.7 Å². The van der Waals surface area contributed by atoms with E-state index in [0.29, 0.717) is 21.6 Å². The van der Waals surface area contributed by atoms with E-state index in [1.165, 1.54) is 0 Å². The first-order chi connectivity index (χ1) is 12.6. The van der Waals surface area contributed by atoms with Crippen LogP contribution in [0.4, 0.5) is 11.5 Å². The second-order valence-corrected chi connectivity index (χ2v) is 6.67. The number of morpholine rings is 1. The summed E-state index contributed by atoms with van der Waals surface area (Å²) in [5, 5.41) is 14.8. The summed E-state index contributed by atoms with van der Waals surface area (Å²) < 4.78 is 5.32. The second kappa shape index (κ2) is 9.14. The Bertz CT molecular complexity index is 731. The Kier molecular flexibility index (Phi) is 6.62. The third-order valence-corrected chi connectivity index (χ3v) is 4.29. The number of aromatic nitrogens is 2. The van der Waals surface area contributed by atoms with E-state index in [1.807, 2.05) is 0 Å². The Morgan fingerprint density at radius 1 is 1.12 bits per heavy atom. The molecule has 7 nitrogen and oxygen atoms in total. The van der Waals surface area contributed by atoms with Crippen molar-refractivity contribution in [2.45, 2.75) is 0 Å². The molecule has 1 fully saturated rings. The number of benzene rings is 1. The number of rotatable bonds is 6. The van der Waals surface area contributed by atoms with Crippen molar-refractivity contribution in [1.29, 1.82) is 0 Å². The van der Waals surface area contributed by atoms with Gasteiger partial charge in [0.05, 0.1) is 13.2 Å². The first-order valence-electron chi connectivity index (χ1n) is 8.25. The van der Waals surface area contributed by atoms with E-state index in [-0.39, 0.29) is 11.6 Å². The first kappa shape index (κ1) is 18.8. The monoisotopic (exact) mass is 395 g/mol. The molecule has 3 rings (SSSR count). The van der Waals surface area contributed by atoms with E-state index in [0.717, 1.165) is 39.4 Å². The van der Waals surface area contributed by atoms with Gasteiger partial charge in [0.2, 0.25) is 0 Å². The summed E-state index contributed by atoms with van der Waals surface area (Å²) in [5.74, 6) is 0.247. The maximum atomic E-state index is 12.2. The highest BCUT2D eigenvalue weighted by Gasteiger charge is 2.11.